The number of piperidine rings is 1. The standard InChI is InChI=1S/C16H21NO4/c1-3-16(15(20)21)6-8-17(9-7-16)14(19)13-5-4-12(18)10-11(13)2/h4-5,10,18H,3,6-9H2,1-2H3,(H,20,21). The smallest absolute Gasteiger partial charge is 0.309 e. The number of phenols is 1. The molecule has 1 amide bonds. The van der Waals surface area contributed by atoms with Crippen LogP contribution in [-0.4, -0.2) is 40.1 Å². The Morgan fingerprint density at radius 2 is 1.90 bits per heavy atom. The Labute approximate surface area is 124 Å². The van der Waals surface area contributed by atoms with Crippen LogP contribution < -0.4 is 0 Å². The fourth-order valence-corrected chi connectivity index (χ4v) is 2.91. The van der Waals surface area contributed by atoms with Gasteiger partial charge in [0.2, 0.25) is 0 Å². The summed E-state index contributed by atoms with van der Waals surface area (Å²) in [7, 11) is 0. The SMILES string of the molecule is CCC1(C(=O)O)CCN(C(=O)c2ccc(O)cc2C)CC1. The van der Waals surface area contributed by atoms with Gasteiger partial charge in [-0.05, 0) is 49.9 Å². The first kappa shape index (κ1) is 15.4. The Kier molecular flexibility index (Phi) is 4.21. The molecule has 5 nitrogen and oxygen atoms in total. The summed E-state index contributed by atoms with van der Waals surface area (Å²) in [6.45, 7) is 4.58. The van der Waals surface area contributed by atoms with Crippen LogP contribution in [0.15, 0.2) is 18.2 Å². The van der Waals surface area contributed by atoms with E-state index >= 15 is 0 Å². The van der Waals surface area contributed by atoms with Gasteiger partial charge in [-0.25, -0.2) is 0 Å². The molecule has 1 aromatic carbocycles. The molecule has 114 valence electrons. The zero-order chi connectivity index (χ0) is 15.6. The van der Waals surface area contributed by atoms with Crippen molar-refractivity contribution in [1.29, 1.82) is 0 Å². The highest BCUT2D eigenvalue weighted by molar-refractivity contribution is 5.96. The Morgan fingerprint density at radius 3 is 2.38 bits per heavy atom. The van der Waals surface area contributed by atoms with Crippen LogP contribution in [0.4, 0.5) is 0 Å². The summed E-state index contributed by atoms with van der Waals surface area (Å²) in [6, 6.07) is 4.68. The lowest BCUT2D eigenvalue weighted by atomic mass is 9.76. The summed E-state index contributed by atoms with van der Waals surface area (Å²) < 4.78 is 0. The molecule has 2 rings (SSSR count). The van der Waals surface area contributed by atoms with E-state index < -0.39 is 11.4 Å². The van der Waals surface area contributed by atoms with Crippen LogP contribution in [0, 0.1) is 12.3 Å². The summed E-state index contributed by atoms with van der Waals surface area (Å²) in [4.78, 5) is 25.6. The minimum absolute atomic E-state index is 0.0948. The summed E-state index contributed by atoms with van der Waals surface area (Å²) in [5, 5.41) is 18.8. The van der Waals surface area contributed by atoms with E-state index in [1.165, 1.54) is 6.07 Å². The number of carbonyl (C=O) groups is 2. The lowest BCUT2D eigenvalue weighted by Crippen LogP contribution is -2.46. The predicted octanol–water partition coefficient (Wildman–Crippen LogP) is 2.42. The Morgan fingerprint density at radius 1 is 1.29 bits per heavy atom. The molecule has 21 heavy (non-hydrogen) atoms. The zero-order valence-corrected chi connectivity index (χ0v) is 12.4. The molecule has 1 fully saturated rings. The molecule has 1 aromatic rings. The molecule has 1 aliphatic heterocycles. The van der Waals surface area contributed by atoms with Gasteiger partial charge in [0.05, 0.1) is 5.41 Å². The second kappa shape index (κ2) is 5.76. The molecule has 1 saturated heterocycles. The molecule has 0 saturated carbocycles. The molecular formula is C16H21NO4. The maximum atomic E-state index is 12.5. The van der Waals surface area contributed by atoms with Crippen molar-refractivity contribution in [2.45, 2.75) is 33.1 Å². The van der Waals surface area contributed by atoms with Gasteiger partial charge in [-0.1, -0.05) is 6.92 Å². The number of amides is 1. The molecule has 0 radical (unpaired) electrons. The number of nitrogens with zero attached hydrogens (tertiary/aromatic N) is 1. The van der Waals surface area contributed by atoms with Crippen LogP contribution in [0.2, 0.25) is 0 Å². The molecule has 1 aliphatic rings. The number of carbonyl (C=O) groups excluding carboxylic acids is 1. The van der Waals surface area contributed by atoms with Crippen molar-refractivity contribution in [3.63, 3.8) is 0 Å². The summed E-state index contributed by atoms with van der Waals surface area (Å²) in [5.41, 5.74) is 0.596. The van der Waals surface area contributed by atoms with Crippen molar-refractivity contribution < 1.29 is 19.8 Å². The second-order valence-corrected chi connectivity index (χ2v) is 5.73. The van der Waals surface area contributed by atoms with Crippen molar-refractivity contribution in [2.75, 3.05) is 13.1 Å². The van der Waals surface area contributed by atoms with Gasteiger partial charge in [0.15, 0.2) is 0 Å². The van der Waals surface area contributed by atoms with Gasteiger partial charge in [-0.3, -0.25) is 9.59 Å². The first-order valence-electron chi connectivity index (χ1n) is 7.22. The molecule has 5 heteroatoms. The average Bonchev–Trinajstić information content (AvgIpc) is 2.46. The maximum Gasteiger partial charge on any atom is 0.309 e. The van der Waals surface area contributed by atoms with Crippen LogP contribution in [0.3, 0.4) is 0 Å². The van der Waals surface area contributed by atoms with E-state index in [1.807, 2.05) is 6.92 Å². The highest BCUT2D eigenvalue weighted by Crippen LogP contribution is 2.35. The van der Waals surface area contributed by atoms with Gasteiger partial charge in [-0.15, -0.1) is 0 Å². The number of rotatable bonds is 3. The van der Waals surface area contributed by atoms with Crippen molar-refractivity contribution >= 4 is 11.9 Å². The first-order chi connectivity index (χ1) is 9.89. The number of aryl methyl sites for hydroxylation is 1. The van der Waals surface area contributed by atoms with E-state index in [9.17, 15) is 19.8 Å². The quantitative estimate of drug-likeness (QED) is 0.896. The largest absolute Gasteiger partial charge is 0.508 e. The van der Waals surface area contributed by atoms with Gasteiger partial charge in [-0.2, -0.15) is 0 Å². The van der Waals surface area contributed by atoms with Gasteiger partial charge in [0.25, 0.3) is 5.91 Å². The molecule has 0 unspecified atom stereocenters. The van der Waals surface area contributed by atoms with E-state index in [0.29, 0.717) is 37.9 Å². The van der Waals surface area contributed by atoms with Crippen molar-refractivity contribution in [3.05, 3.63) is 29.3 Å². The second-order valence-electron chi connectivity index (χ2n) is 5.73. The fourth-order valence-electron chi connectivity index (χ4n) is 2.91. The Bertz CT molecular complexity index is 559. The first-order valence-corrected chi connectivity index (χ1v) is 7.22. The third-order valence-corrected chi connectivity index (χ3v) is 4.58. The molecule has 0 atom stereocenters. The number of hydrogen-bond acceptors (Lipinski definition) is 3. The van der Waals surface area contributed by atoms with Gasteiger partial charge < -0.3 is 15.1 Å². The van der Waals surface area contributed by atoms with Crippen molar-refractivity contribution in [2.24, 2.45) is 5.41 Å². The zero-order valence-electron chi connectivity index (χ0n) is 12.4. The third-order valence-electron chi connectivity index (χ3n) is 4.58. The number of carboxylic acids is 1. The normalized spacial score (nSPS) is 17.5. The molecule has 0 aromatic heterocycles. The van der Waals surface area contributed by atoms with Crippen molar-refractivity contribution in [1.82, 2.24) is 4.90 Å². The summed E-state index contributed by atoms with van der Waals surface area (Å²) in [5.74, 6) is -0.723. The number of benzene rings is 1. The van der Waals surface area contributed by atoms with Crippen LogP contribution in [0.25, 0.3) is 0 Å². The van der Waals surface area contributed by atoms with Crippen LogP contribution >= 0.6 is 0 Å². The van der Waals surface area contributed by atoms with Crippen molar-refractivity contribution in [3.8, 4) is 5.75 Å². The number of phenolic OH excluding ortho intramolecular Hbond substituents is 1. The summed E-state index contributed by atoms with van der Waals surface area (Å²) >= 11 is 0. The molecular weight excluding hydrogens is 270 g/mol. The topological polar surface area (TPSA) is 77.8 Å². The maximum absolute atomic E-state index is 12.5. The number of aliphatic carboxylic acids is 1. The summed E-state index contributed by atoms with van der Waals surface area (Å²) in [6.07, 6.45) is 1.56. The number of likely N-dealkylation sites (tertiary alicyclic amines) is 1. The van der Waals surface area contributed by atoms with Crippen LogP contribution in [-0.2, 0) is 4.79 Å². The number of aromatic hydroxyl groups is 1. The molecule has 1 heterocycles. The lowest BCUT2D eigenvalue weighted by molar-refractivity contribution is -0.152. The number of hydrogen-bond donors (Lipinski definition) is 2. The van der Waals surface area contributed by atoms with Gasteiger partial charge in [0, 0.05) is 18.7 Å². The van der Waals surface area contributed by atoms with E-state index in [-0.39, 0.29) is 11.7 Å². The van der Waals surface area contributed by atoms with E-state index in [1.54, 1.807) is 24.0 Å². The Hall–Kier alpha value is -2.04. The minimum Gasteiger partial charge on any atom is -0.508 e. The van der Waals surface area contributed by atoms with Gasteiger partial charge >= 0.3 is 5.97 Å². The van der Waals surface area contributed by atoms with E-state index in [4.69, 9.17) is 0 Å². The fraction of sp³-hybridized carbons (Fsp3) is 0.500. The van der Waals surface area contributed by atoms with Gasteiger partial charge in [0.1, 0.15) is 5.75 Å². The minimum atomic E-state index is -0.766. The number of carboxylic acid groups (broad SMARTS) is 1. The molecule has 0 spiro atoms. The molecule has 2 N–H and O–H groups in total. The monoisotopic (exact) mass is 291 g/mol. The van der Waals surface area contributed by atoms with E-state index in [0.717, 1.165) is 5.56 Å². The average molecular weight is 291 g/mol. The van der Waals surface area contributed by atoms with E-state index in [2.05, 4.69) is 0 Å². The highest BCUT2D eigenvalue weighted by atomic mass is 16.4. The van der Waals surface area contributed by atoms with Crippen LogP contribution in [0.5, 0.6) is 5.75 Å². The lowest BCUT2D eigenvalue weighted by Gasteiger charge is -2.38. The highest BCUT2D eigenvalue weighted by Gasteiger charge is 2.40. The predicted molar refractivity (Wildman–Crippen MR) is 78.3 cm³/mol. The third kappa shape index (κ3) is 2.86. The molecule has 0 aliphatic carbocycles. The Balaban J connectivity index is 2.12. The molecule has 0 bridgehead atoms. The van der Waals surface area contributed by atoms with Crippen LogP contribution in [0.1, 0.15) is 42.1 Å².